The van der Waals surface area contributed by atoms with Crippen LogP contribution in [0.4, 0.5) is 0 Å². The molecule has 1 N–H and O–H groups in total. The van der Waals surface area contributed by atoms with Crippen LogP contribution in [-0.2, 0) is 6.42 Å². The molecule has 2 aliphatic rings. The number of aromatic hydroxyl groups is 1. The summed E-state index contributed by atoms with van der Waals surface area (Å²) in [7, 11) is 0. The molecular weight excluding hydrogens is 184 g/mol. The molecule has 1 aromatic carbocycles. The van der Waals surface area contributed by atoms with Crippen molar-refractivity contribution >= 4 is 0 Å². The summed E-state index contributed by atoms with van der Waals surface area (Å²) in [5, 5.41) is 9.21. The van der Waals surface area contributed by atoms with Gasteiger partial charge in [-0.25, -0.2) is 0 Å². The average molecular weight is 200 g/mol. The van der Waals surface area contributed by atoms with Gasteiger partial charge in [-0.05, 0) is 54.7 Å². The highest BCUT2D eigenvalue weighted by Crippen LogP contribution is 2.44. The van der Waals surface area contributed by atoms with Crippen LogP contribution < -0.4 is 0 Å². The van der Waals surface area contributed by atoms with Crippen LogP contribution in [0.5, 0.6) is 5.75 Å². The number of hydrogen-bond acceptors (Lipinski definition) is 1. The lowest BCUT2D eigenvalue weighted by molar-refractivity contribution is 0.444. The van der Waals surface area contributed by atoms with Crippen molar-refractivity contribution in [3.8, 4) is 5.75 Å². The molecule has 0 aliphatic heterocycles. The van der Waals surface area contributed by atoms with Crippen molar-refractivity contribution < 1.29 is 5.11 Å². The van der Waals surface area contributed by atoms with Crippen molar-refractivity contribution in [3.63, 3.8) is 0 Å². The van der Waals surface area contributed by atoms with Gasteiger partial charge < -0.3 is 5.11 Å². The Bertz CT molecular complexity index is 377. The Hall–Kier alpha value is -1.24. The highest BCUT2D eigenvalue weighted by Gasteiger charge is 2.35. The van der Waals surface area contributed by atoms with E-state index in [2.05, 4.69) is 12.2 Å². The van der Waals surface area contributed by atoms with E-state index >= 15 is 0 Å². The SMILES string of the molecule is Oc1ccc(CC2CC3C=CC2C3)cc1. The monoisotopic (exact) mass is 200 g/mol. The van der Waals surface area contributed by atoms with Crippen LogP contribution in [0.2, 0.25) is 0 Å². The van der Waals surface area contributed by atoms with E-state index < -0.39 is 0 Å². The average Bonchev–Trinajstić information content (AvgIpc) is 2.83. The lowest BCUT2D eigenvalue weighted by Gasteiger charge is -2.17. The molecular formula is C14H16O. The number of fused-ring (bicyclic) bond motifs is 2. The Balaban J connectivity index is 1.71. The molecule has 3 unspecified atom stereocenters. The summed E-state index contributed by atoms with van der Waals surface area (Å²) >= 11 is 0. The first-order chi connectivity index (χ1) is 7.31. The Labute approximate surface area is 90.4 Å². The summed E-state index contributed by atoms with van der Waals surface area (Å²) in [5.41, 5.74) is 1.36. The van der Waals surface area contributed by atoms with E-state index in [-0.39, 0.29) is 0 Å². The number of hydrogen-bond donors (Lipinski definition) is 1. The summed E-state index contributed by atoms with van der Waals surface area (Å²) in [4.78, 5) is 0. The minimum absolute atomic E-state index is 0.367. The molecule has 3 rings (SSSR count). The Morgan fingerprint density at radius 3 is 2.47 bits per heavy atom. The molecule has 0 saturated heterocycles. The molecule has 3 atom stereocenters. The Morgan fingerprint density at radius 2 is 1.87 bits per heavy atom. The number of phenols is 1. The highest BCUT2D eigenvalue weighted by molar-refractivity contribution is 5.27. The van der Waals surface area contributed by atoms with Crippen molar-refractivity contribution in [2.45, 2.75) is 19.3 Å². The summed E-state index contributed by atoms with van der Waals surface area (Å²) in [6.45, 7) is 0. The summed E-state index contributed by atoms with van der Waals surface area (Å²) in [5.74, 6) is 2.89. The molecule has 15 heavy (non-hydrogen) atoms. The van der Waals surface area contributed by atoms with Gasteiger partial charge in [0, 0.05) is 0 Å². The second-order valence-electron chi connectivity index (χ2n) is 4.91. The van der Waals surface area contributed by atoms with Crippen LogP contribution in [0.25, 0.3) is 0 Å². The van der Waals surface area contributed by atoms with Gasteiger partial charge >= 0.3 is 0 Å². The first kappa shape index (κ1) is 9.02. The second-order valence-corrected chi connectivity index (χ2v) is 4.91. The molecule has 2 bridgehead atoms. The van der Waals surface area contributed by atoms with Gasteiger partial charge in [0.15, 0.2) is 0 Å². The summed E-state index contributed by atoms with van der Waals surface area (Å²) < 4.78 is 0. The highest BCUT2D eigenvalue weighted by atomic mass is 16.3. The van der Waals surface area contributed by atoms with Gasteiger partial charge in [-0.15, -0.1) is 0 Å². The summed E-state index contributed by atoms with van der Waals surface area (Å²) in [6, 6.07) is 7.67. The van der Waals surface area contributed by atoms with Crippen LogP contribution in [0.15, 0.2) is 36.4 Å². The Kier molecular flexibility index (Phi) is 2.05. The van der Waals surface area contributed by atoms with Gasteiger partial charge in [0.25, 0.3) is 0 Å². The number of allylic oxidation sites excluding steroid dienone is 2. The molecule has 0 spiro atoms. The largest absolute Gasteiger partial charge is 0.508 e. The van der Waals surface area contributed by atoms with Crippen LogP contribution in [0.3, 0.4) is 0 Å². The van der Waals surface area contributed by atoms with Gasteiger partial charge in [-0.3, -0.25) is 0 Å². The zero-order valence-corrected chi connectivity index (χ0v) is 8.76. The number of rotatable bonds is 2. The molecule has 0 aromatic heterocycles. The fraction of sp³-hybridized carbons (Fsp3) is 0.429. The van der Waals surface area contributed by atoms with Crippen molar-refractivity contribution in [1.82, 2.24) is 0 Å². The minimum atomic E-state index is 0.367. The van der Waals surface area contributed by atoms with Crippen molar-refractivity contribution in [2.24, 2.45) is 17.8 Å². The van der Waals surface area contributed by atoms with E-state index in [0.717, 1.165) is 17.8 Å². The van der Waals surface area contributed by atoms with Crippen molar-refractivity contribution in [2.75, 3.05) is 0 Å². The molecule has 1 heteroatoms. The van der Waals surface area contributed by atoms with Crippen LogP contribution in [0.1, 0.15) is 18.4 Å². The molecule has 1 aromatic rings. The zero-order chi connectivity index (χ0) is 10.3. The van der Waals surface area contributed by atoms with E-state index in [9.17, 15) is 5.11 Å². The maximum atomic E-state index is 9.21. The fourth-order valence-electron chi connectivity index (χ4n) is 3.06. The smallest absolute Gasteiger partial charge is 0.115 e. The third kappa shape index (κ3) is 1.67. The number of phenolic OH excluding ortho intramolecular Hbond substituents is 1. The van der Waals surface area contributed by atoms with Gasteiger partial charge in [0.1, 0.15) is 5.75 Å². The van der Waals surface area contributed by atoms with Gasteiger partial charge in [0.2, 0.25) is 0 Å². The predicted molar refractivity (Wildman–Crippen MR) is 60.7 cm³/mol. The molecule has 1 saturated carbocycles. The third-order valence-electron chi connectivity index (χ3n) is 3.85. The third-order valence-corrected chi connectivity index (χ3v) is 3.85. The normalized spacial score (nSPS) is 32.4. The van der Waals surface area contributed by atoms with E-state index in [0.29, 0.717) is 5.75 Å². The Morgan fingerprint density at radius 1 is 1.07 bits per heavy atom. The maximum absolute atomic E-state index is 9.21. The van der Waals surface area contributed by atoms with Gasteiger partial charge in [-0.2, -0.15) is 0 Å². The second kappa shape index (κ2) is 3.41. The predicted octanol–water partition coefficient (Wildman–Crippen LogP) is 3.15. The topological polar surface area (TPSA) is 20.2 Å². The van der Waals surface area contributed by atoms with E-state index in [1.54, 1.807) is 12.1 Å². The van der Waals surface area contributed by atoms with Crippen LogP contribution in [0, 0.1) is 17.8 Å². The zero-order valence-electron chi connectivity index (χ0n) is 8.76. The molecule has 2 aliphatic carbocycles. The summed E-state index contributed by atoms with van der Waals surface area (Å²) in [6.07, 6.45) is 8.70. The van der Waals surface area contributed by atoms with Crippen molar-refractivity contribution in [3.05, 3.63) is 42.0 Å². The van der Waals surface area contributed by atoms with E-state index in [1.807, 2.05) is 12.1 Å². The first-order valence-corrected chi connectivity index (χ1v) is 5.77. The van der Waals surface area contributed by atoms with Crippen LogP contribution in [-0.4, -0.2) is 5.11 Å². The molecule has 1 fully saturated rings. The quantitative estimate of drug-likeness (QED) is 0.727. The maximum Gasteiger partial charge on any atom is 0.115 e. The molecule has 78 valence electrons. The van der Waals surface area contributed by atoms with Crippen molar-refractivity contribution in [1.29, 1.82) is 0 Å². The molecule has 1 nitrogen and oxygen atoms in total. The van der Waals surface area contributed by atoms with Gasteiger partial charge in [0.05, 0.1) is 0 Å². The standard InChI is InChI=1S/C14H16O/c15-14-5-2-10(3-6-14)7-13-9-11-1-4-12(13)8-11/h1-6,11-13,15H,7-9H2. The molecule has 0 amide bonds. The van der Waals surface area contributed by atoms with Crippen LogP contribution >= 0.6 is 0 Å². The number of benzene rings is 1. The lowest BCUT2D eigenvalue weighted by atomic mass is 9.88. The first-order valence-electron chi connectivity index (χ1n) is 5.77. The van der Waals surface area contributed by atoms with E-state index in [4.69, 9.17) is 0 Å². The van der Waals surface area contributed by atoms with E-state index in [1.165, 1.54) is 24.8 Å². The fourth-order valence-corrected chi connectivity index (χ4v) is 3.06. The van der Waals surface area contributed by atoms with Gasteiger partial charge in [-0.1, -0.05) is 24.3 Å². The molecule has 0 heterocycles. The molecule has 0 radical (unpaired) electrons. The lowest BCUT2D eigenvalue weighted by Crippen LogP contribution is -2.09. The minimum Gasteiger partial charge on any atom is -0.508 e.